The monoisotopic (exact) mass is 543 g/mol. The van der Waals surface area contributed by atoms with Crippen LogP contribution in [0.3, 0.4) is 0 Å². The predicted octanol–water partition coefficient (Wildman–Crippen LogP) is 2.43. The van der Waals surface area contributed by atoms with Crippen LogP contribution >= 0.6 is 0 Å². The summed E-state index contributed by atoms with van der Waals surface area (Å²) in [6, 6.07) is 6.17. The van der Waals surface area contributed by atoms with Gasteiger partial charge < -0.3 is 19.8 Å². The number of carbonyl (C=O) groups excluding carboxylic acids is 2. The Morgan fingerprint density at radius 3 is 1.26 bits per heavy atom. The summed E-state index contributed by atoms with van der Waals surface area (Å²) in [5.41, 5.74) is 3.54. The summed E-state index contributed by atoms with van der Waals surface area (Å²) in [7, 11) is 0. The number of nitrogens with zero attached hydrogens (tertiary/aromatic N) is 2. The molecule has 2 aromatic rings. The second kappa shape index (κ2) is 10.3. The number of hydrogen-bond acceptors (Lipinski definition) is 4. The quantitative estimate of drug-likeness (QED) is 0.545. The van der Waals surface area contributed by atoms with Crippen LogP contribution in [0.15, 0.2) is 24.3 Å². The van der Waals surface area contributed by atoms with Gasteiger partial charge in [-0.1, -0.05) is 24.3 Å². The van der Waals surface area contributed by atoms with Crippen molar-refractivity contribution in [3.05, 3.63) is 80.5 Å². The fourth-order valence-corrected chi connectivity index (χ4v) is 2.46. The van der Waals surface area contributed by atoms with Crippen LogP contribution in [0.2, 0.25) is 0 Å². The molecule has 2 aromatic carbocycles. The van der Waals surface area contributed by atoms with Crippen molar-refractivity contribution in [3.8, 4) is 0 Å². The molecular weight excluding hydrogens is 527 g/mol. The number of carboxylic acid groups (broad SMARTS) is 2. The number of hydrogen-bond donors (Lipinski definition) is 0. The molecule has 0 radical (unpaired) electrons. The molecule has 0 atom stereocenters. The van der Waals surface area contributed by atoms with E-state index < -0.39 is 11.9 Å². The Morgan fingerprint density at radius 2 is 1.04 bits per heavy atom. The van der Waals surface area contributed by atoms with Crippen LogP contribution in [0.4, 0.5) is 11.4 Å². The van der Waals surface area contributed by atoms with Gasteiger partial charge in [-0.25, -0.2) is 9.69 Å². The average molecular weight is 543 g/mol. The minimum atomic E-state index is -1.23. The van der Waals surface area contributed by atoms with Crippen LogP contribution in [-0.4, -0.2) is 11.9 Å². The van der Waals surface area contributed by atoms with E-state index in [1.807, 2.05) is 0 Å². The van der Waals surface area contributed by atoms with Gasteiger partial charge in [0.15, 0.2) is 11.4 Å². The van der Waals surface area contributed by atoms with Crippen LogP contribution in [0.5, 0.6) is 0 Å². The Bertz CT molecular complexity index is 890. The minimum Gasteiger partial charge on any atom is -0.545 e. The fourth-order valence-electron chi connectivity index (χ4n) is 2.46. The van der Waals surface area contributed by atoms with Crippen molar-refractivity contribution < 1.29 is 40.9 Å². The summed E-state index contributed by atoms with van der Waals surface area (Å²) >= 11 is 0. The number of carbonyl (C=O) groups is 2. The Kier molecular flexibility index (Phi) is 9.14. The molecule has 0 saturated heterocycles. The molecule has 0 aromatic heterocycles. The van der Waals surface area contributed by atoms with E-state index in [1.54, 1.807) is 39.8 Å². The first-order valence-electron chi connectivity index (χ1n) is 7.53. The van der Waals surface area contributed by atoms with Crippen LogP contribution < -0.4 is 10.2 Å². The maximum absolute atomic E-state index is 10.6. The zero-order valence-corrected chi connectivity index (χ0v) is 17.4. The van der Waals surface area contributed by atoms with Gasteiger partial charge in [-0.15, -0.1) is 0 Å². The zero-order chi connectivity index (χ0) is 20.0. The third-order valence-corrected chi connectivity index (χ3v) is 3.93. The molecule has 0 N–H and O–H groups in total. The molecule has 7 heteroatoms. The third-order valence-electron chi connectivity index (χ3n) is 3.93. The van der Waals surface area contributed by atoms with Crippen molar-refractivity contribution in [1.82, 2.24) is 0 Å². The summed E-state index contributed by atoms with van der Waals surface area (Å²) in [4.78, 5) is 27.7. The number of aromatic carboxylic acids is 2. The Hall–Kier alpha value is -2.95. The van der Waals surface area contributed by atoms with Gasteiger partial charge in [0.25, 0.3) is 0 Å². The van der Waals surface area contributed by atoms with Gasteiger partial charge in [-0.2, -0.15) is 0 Å². The van der Waals surface area contributed by atoms with Gasteiger partial charge in [-0.05, 0) is 61.1 Å². The number of benzene rings is 2. The average Bonchev–Trinajstić information content (AvgIpc) is 2.55. The summed E-state index contributed by atoms with van der Waals surface area (Å²) in [5, 5.41) is 21.2. The molecule has 0 fully saturated rings. The van der Waals surface area contributed by atoms with Gasteiger partial charge in [0.1, 0.15) is 0 Å². The standard InChI is InChI=1S/2C10H9NO2.Pt/c2*1-6-4-5-8(10(12)13)7(2)9(6)11-3;/h2*4-5H,1-2H3,(H,12,13);/q;;+2/p-2. The Labute approximate surface area is 172 Å². The molecule has 2 rings (SSSR count). The van der Waals surface area contributed by atoms with E-state index in [1.165, 1.54) is 12.1 Å². The molecule has 0 aliphatic heterocycles. The van der Waals surface area contributed by atoms with Crippen molar-refractivity contribution in [2.24, 2.45) is 0 Å². The topological polar surface area (TPSA) is 89.0 Å². The first-order valence-corrected chi connectivity index (χ1v) is 7.53. The summed E-state index contributed by atoms with van der Waals surface area (Å²) in [6.07, 6.45) is 0. The maximum Gasteiger partial charge on any atom is 2.00 e. The van der Waals surface area contributed by atoms with E-state index >= 15 is 0 Å². The van der Waals surface area contributed by atoms with Gasteiger partial charge in [-0.3, -0.25) is 0 Å². The van der Waals surface area contributed by atoms with Crippen LogP contribution in [0.1, 0.15) is 43.0 Å². The molecule has 0 saturated carbocycles. The molecular formula is C20H16N2O4Pt. The van der Waals surface area contributed by atoms with Gasteiger partial charge in [0.2, 0.25) is 0 Å². The normalized spacial score (nSPS) is 8.96. The van der Waals surface area contributed by atoms with Crippen molar-refractivity contribution in [1.29, 1.82) is 0 Å². The molecule has 6 nitrogen and oxygen atoms in total. The molecule has 0 heterocycles. The molecule has 0 spiro atoms. The predicted molar refractivity (Wildman–Crippen MR) is 93.0 cm³/mol. The maximum atomic E-state index is 10.6. The first-order chi connectivity index (χ1) is 12.1. The number of aryl methyl sites for hydroxylation is 2. The molecule has 27 heavy (non-hydrogen) atoms. The number of carboxylic acids is 2. The second-order valence-electron chi connectivity index (χ2n) is 5.61. The third kappa shape index (κ3) is 5.51. The largest absolute Gasteiger partial charge is 2.00 e. The van der Waals surface area contributed by atoms with E-state index in [2.05, 4.69) is 9.69 Å². The first kappa shape index (κ1) is 24.0. The Morgan fingerprint density at radius 1 is 0.741 bits per heavy atom. The zero-order valence-electron chi connectivity index (χ0n) is 15.2. The fraction of sp³-hybridized carbons (Fsp3) is 0.200. The van der Waals surface area contributed by atoms with E-state index in [9.17, 15) is 19.8 Å². The SMILES string of the molecule is [C-]#[N+]c1c(C)ccc(C(=O)[O-])c1C.[C-]#[N+]c1c(C)ccc(C(=O)[O-])c1C.[Pt+2]. The summed E-state index contributed by atoms with van der Waals surface area (Å²) < 4.78 is 0. The van der Waals surface area contributed by atoms with E-state index in [4.69, 9.17) is 13.1 Å². The number of rotatable bonds is 2. The van der Waals surface area contributed by atoms with Crippen molar-refractivity contribution in [2.45, 2.75) is 27.7 Å². The minimum absolute atomic E-state index is 0. The van der Waals surface area contributed by atoms with E-state index in [-0.39, 0.29) is 32.2 Å². The van der Waals surface area contributed by atoms with Gasteiger partial charge >= 0.3 is 21.1 Å². The van der Waals surface area contributed by atoms with Gasteiger partial charge in [0, 0.05) is 0 Å². The summed E-state index contributed by atoms with van der Waals surface area (Å²) in [5.74, 6) is -2.47. The van der Waals surface area contributed by atoms with Crippen LogP contribution in [0.25, 0.3) is 9.69 Å². The van der Waals surface area contributed by atoms with E-state index in [0.29, 0.717) is 22.5 Å². The molecule has 140 valence electrons. The Balaban J connectivity index is 0.000000483. The van der Waals surface area contributed by atoms with Gasteiger partial charge in [0.05, 0.1) is 25.1 Å². The van der Waals surface area contributed by atoms with Crippen molar-refractivity contribution >= 4 is 23.3 Å². The molecule has 0 aliphatic carbocycles. The smallest absolute Gasteiger partial charge is 0.545 e. The molecule has 0 bridgehead atoms. The molecule has 0 aliphatic rings. The summed E-state index contributed by atoms with van der Waals surface area (Å²) in [6.45, 7) is 20.5. The van der Waals surface area contributed by atoms with E-state index in [0.717, 1.165) is 11.1 Å². The van der Waals surface area contributed by atoms with Crippen LogP contribution in [0, 0.1) is 40.8 Å². The second-order valence-corrected chi connectivity index (χ2v) is 5.61. The van der Waals surface area contributed by atoms with Crippen molar-refractivity contribution in [2.75, 3.05) is 0 Å². The van der Waals surface area contributed by atoms with Crippen molar-refractivity contribution in [3.63, 3.8) is 0 Å². The molecule has 0 amide bonds. The van der Waals surface area contributed by atoms with Crippen LogP contribution in [-0.2, 0) is 21.1 Å². The molecule has 0 unspecified atom stereocenters.